The summed E-state index contributed by atoms with van der Waals surface area (Å²) in [5, 5.41) is 0.948. The Balaban J connectivity index is 1.40. The maximum Gasteiger partial charge on any atom is 0.269 e. The molecule has 2 heterocycles. The number of rotatable bonds is 4. The van der Waals surface area contributed by atoms with Gasteiger partial charge in [-0.1, -0.05) is 0 Å². The van der Waals surface area contributed by atoms with Crippen molar-refractivity contribution in [2.45, 2.75) is 18.7 Å². The van der Waals surface area contributed by atoms with Gasteiger partial charge in [-0.05, 0) is 68.9 Å². The normalized spacial score (nSPS) is 15.5. The molecule has 174 valence electrons. The van der Waals surface area contributed by atoms with Gasteiger partial charge in [0, 0.05) is 53.9 Å². The summed E-state index contributed by atoms with van der Waals surface area (Å²) < 4.78 is 27.1. The number of nitrogens with zero attached hydrogens (tertiary/aromatic N) is 2. The molecule has 3 N–H and O–H groups in total. The summed E-state index contributed by atoms with van der Waals surface area (Å²) >= 11 is 0. The Morgan fingerprint density at radius 3 is 2.09 bits per heavy atom. The Morgan fingerprint density at radius 2 is 1.45 bits per heavy atom. The van der Waals surface area contributed by atoms with Crippen LogP contribution >= 0.6 is 0 Å². The standard InChI is InChI=1S/C23H27N5O4S/c1-15-16(2)24-21-9-6-18(14-20(15)21)23(30)26-25-22(29)17-4-7-19(8-5-17)33(31,32)28-12-10-27(3)11-13-28/h4-9,14,24H,10-13H2,1-3H3,(H,25,29)(H,26,30). The molecule has 0 saturated carbocycles. The van der Waals surface area contributed by atoms with E-state index in [4.69, 9.17) is 0 Å². The molecule has 10 heteroatoms. The minimum absolute atomic E-state index is 0.137. The summed E-state index contributed by atoms with van der Waals surface area (Å²) in [7, 11) is -1.65. The number of hydrogen-bond donors (Lipinski definition) is 3. The number of amides is 2. The number of benzene rings is 2. The molecule has 0 aliphatic carbocycles. The molecule has 0 spiro atoms. The molecule has 0 unspecified atom stereocenters. The number of H-pyrrole nitrogens is 1. The highest BCUT2D eigenvalue weighted by atomic mass is 32.2. The third-order valence-corrected chi connectivity index (χ3v) is 7.99. The molecule has 1 aromatic heterocycles. The Kier molecular flexibility index (Phi) is 6.24. The number of fused-ring (bicyclic) bond motifs is 1. The zero-order chi connectivity index (χ0) is 23.8. The van der Waals surface area contributed by atoms with Crippen molar-refractivity contribution < 1.29 is 18.0 Å². The molecular weight excluding hydrogens is 442 g/mol. The van der Waals surface area contributed by atoms with E-state index >= 15 is 0 Å². The van der Waals surface area contributed by atoms with E-state index in [1.807, 2.05) is 27.0 Å². The van der Waals surface area contributed by atoms with Crippen LogP contribution in [0.4, 0.5) is 0 Å². The van der Waals surface area contributed by atoms with Crippen molar-refractivity contribution in [2.24, 2.45) is 0 Å². The number of sulfonamides is 1. The highest BCUT2D eigenvalue weighted by Crippen LogP contribution is 2.22. The Hall–Kier alpha value is -3.21. The number of aromatic nitrogens is 1. The monoisotopic (exact) mass is 469 g/mol. The van der Waals surface area contributed by atoms with E-state index in [1.54, 1.807) is 12.1 Å². The van der Waals surface area contributed by atoms with Gasteiger partial charge in [0.2, 0.25) is 10.0 Å². The van der Waals surface area contributed by atoms with Crippen molar-refractivity contribution in [1.82, 2.24) is 25.0 Å². The Bertz CT molecular complexity index is 1310. The van der Waals surface area contributed by atoms with E-state index in [0.29, 0.717) is 31.7 Å². The van der Waals surface area contributed by atoms with Crippen LogP contribution in [-0.4, -0.2) is 67.6 Å². The molecule has 33 heavy (non-hydrogen) atoms. The van der Waals surface area contributed by atoms with Crippen LogP contribution in [0.5, 0.6) is 0 Å². The predicted octanol–water partition coefficient (Wildman–Crippen LogP) is 1.80. The molecule has 2 aromatic carbocycles. The van der Waals surface area contributed by atoms with Crippen molar-refractivity contribution in [3.63, 3.8) is 0 Å². The van der Waals surface area contributed by atoms with Crippen LogP contribution in [0.15, 0.2) is 47.4 Å². The van der Waals surface area contributed by atoms with Crippen LogP contribution in [-0.2, 0) is 10.0 Å². The molecule has 2 amide bonds. The first-order valence-corrected chi connectivity index (χ1v) is 12.1. The lowest BCUT2D eigenvalue weighted by Crippen LogP contribution is -2.47. The van der Waals surface area contributed by atoms with E-state index in [0.717, 1.165) is 22.2 Å². The molecule has 1 aliphatic heterocycles. The van der Waals surface area contributed by atoms with Crippen molar-refractivity contribution in [3.05, 3.63) is 64.8 Å². The predicted molar refractivity (Wildman–Crippen MR) is 125 cm³/mol. The van der Waals surface area contributed by atoms with E-state index in [-0.39, 0.29) is 10.5 Å². The first-order chi connectivity index (χ1) is 15.7. The quantitative estimate of drug-likeness (QED) is 0.504. The van der Waals surface area contributed by atoms with Gasteiger partial charge in [-0.2, -0.15) is 4.31 Å². The fourth-order valence-electron chi connectivity index (χ4n) is 3.82. The summed E-state index contributed by atoms with van der Waals surface area (Å²) in [4.78, 5) is 30.4. The number of likely N-dealkylation sites (N-methyl/N-ethyl adjacent to an activating group) is 1. The number of aryl methyl sites for hydroxylation is 2. The maximum absolute atomic E-state index is 12.8. The lowest BCUT2D eigenvalue weighted by Gasteiger charge is -2.31. The summed E-state index contributed by atoms with van der Waals surface area (Å²) in [5.41, 5.74) is 8.48. The number of hydrazine groups is 1. The van der Waals surface area contributed by atoms with E-state index in [9.17, 15) is 18.0 Å². The highest BCUT2D eigenvalue weighted by Gasteiger charge is 2.27. The van der Waals surface area contributed by atoms with Crippen LogP contribution < -0.4 is 10.9 Å². The summed E-state index contributed by atoms with van der Waals surface area (Å²) in [6.45, 7) is 6.16. The second-order valence-electron chi connectivity index (χ2n) is 8.28. The smallest absolute Gasteiger partial charge is 0.269 e. The average molecular weight is 470 g/mol. The third kappa shape index (κ3) is 4.63. The summed E-state index contributed by atoms with van der Waals surface area (Å²) in [5.74, 6) is -0.987. The number of aromatic amines is 1. The second-order valence-corrected chi connectivity index (χ2v) is 10.2. The van der Waals surface area contributed by atoms with Crippen LogP contribution in [0, 0.1) is 13.8 Å². The van der Waals surface area contributed by atoms with Gasteiger partial charge in [0.05, 0.1) is 4.90 Å². The molecule has 9 nitrogen and oxygen atoms in total. The topological polar surface area (TPSA) is 115 Å². The molecule has 4 rings (SSSR count). The number of carbonyl (C=O) groups excluding carboxylic acids is 2. The van der Waals surface area contributed by atoms with Gasteiger partial charge in [-0.3, -0.25) is 20.4 Å². The number of piperazine rings is 1. The lowest BCUT2D eigenvalue weighted by atomic mass is 10.1. The van der Waals surface area contributed by atoms with E-state index < -0.39 is 21.8 Å². The van der Waals surface area contributed by atoms with Gasteiger partial charge in [-0.15, -0.1) is 0 Å². The van der Waals surface area contributed by atoms with Crippen molar-refractivity contribution in [2.75, 3.05) is 33.2 Å². The molecule has 1 aliphatic rings. The lowest BCUT2D eigenvalue weighted by molar-refractivity contribution is 0.0846. The average Bonchev–Trinajstić information content (AvgIpc) is 3.10. The molecule has 3 aromatic rings. The van der Waals surface area contributed by atoms with Crippen LogP contribution in [0.3, 0.4) is 0 Å². The third-order valence-electron chi connectivity index (χ3n) is 6.08. The van der Waals surface area contributed by atoms with Gasteiger partial charge < -0.3 is 9.88 Å². The molecule has 1 fully saturated rings. The number of hydrogen-bond acceptors (Lipinski definition) is 5. The minimum atomic E-state index is -3.61. The number of nitrogens with one attached hydrogen (secondary N) is 3. The SMILES string of the molecule is Cc1[nH]c2ccc(C(=O)NNC(=O)c3ccc(S(=O)(=O)N4CCN(C)CC4)cc3)cc2c1C. The van der Waals surface area contributed by atoms with Crippen LogP contribution in [0.1, 0.15) is 32.0 Å². The molecule has 0 radical (unpaired) electrons. The zero-order valence-electron chi connectivity index (χ0n) is 18.8. The molecule has 0 atom stereocenters. The first-order valence-electron chi connectivity index (χ1n) is 10.6. The van der Waals surface area contributed by atoms with Gasteiger partial charge in [-0.25, -0.2) is 8.42 Å². The zero-order valence-corrected chi connectivity index (χ0v) is 19.6. The number of carbonyl (C=O) groups is 2. The van der Waals surface area contributed by atoms with Crippen molar-refractivity contribution in [3.8, 4) is 0 Å². The summed E-state index contributed by atoms with van der Waals surface area (Å²) in [6, 6.07) is 11.0. The maximum atomic E-state index is 12.8. The van der Waals surface area contributed by atoms with Gasteiger partial charge >= 0.3 is 0 Å². The first kappa shape index (κ1) is 23.0. The Labute approximate surface area is 192 Å². The highest BCUT2D eigenvalue weighted by molar-refractivity contribution is 7.89. The molecule has 0 bridgehead atoms. The molecule has 1 saturated heterocycles. The van der Waals surface area contributed by atoms with Crippen LogP contribution in [0.25, 0.3) is 10.9 Å². The van der Waals surface area contributed by atoms with Gasteiger partial charge in [0.15, 0.2) is 0 Å². The molecular formula is C23H27N5O4S. The Morgan fingerprint density at radius 1 is 0.879 bits per heavy atom. The van der Waals surface area contributed by atoms with E-state index in [2.05, 4.69) is 20.7 Å². The van der Waals surface area contributed by atoms with Gasteiger partial charge in [0.1, 0.15) is 0 Å². The van der Waals surface area contributed by atoms with Crippen LogP contribution in [0.2, 0.25) is 0 Å². The van der Waals surface area contributed by atoms with Crippen molar-refractivity contribution in [1.29, 1.82) is 0 Å². The minimum Gasteiger partial charge on any atom is -0.358 e. The van der Waals surface area contributed by atoms with Crippen molar-refractivity contribution >= 4 is 32.7 Å². The second kappa shape index (κ2) is 8.97. The summed E-state index contributed by atoms with van der Waals surface area (Å²) in [6.07, 6.45) is 0. The largest absolute Gasteiger partial charge is 0.358 e. The van der Waals surface area contributed by atoms with E-state index in [1.165, 1.54) is 28.6 Å². The van der Waals surface area contributed by atoms with Gasteiger partial charge in [0.25, 0.3) is 11.8 Å². The fraction of sp³-hybridized carbons (Fsp3) is 0.304. The fourth-order valence-corrected chi connectivity index (χ4v) is 5.24.